The summed E-state index contributed by atoms with van der Waals surface area (Å²) in [6.45, 7) is 2.32. The molecule has 1 heterocycles. The number of benzene rings is 1. The fourth-order valence-corrected chi connectivity index (χ4v) is 7.95. The van der Waals surface area contributed by atoms with E-state index in [2.05, 4.69) is 21.2 Å². The molecular formula is C21H26BrNO3. The number of fused-ring (bicyclic) bond motifs is 1. The van der Waals surface area contributed by atoms with Gasteiger partial charge >= 0.3 is 0 Å². The van der Waals surface area contributed by atoms with Crippen molar-refractivity contribution in [3.63, 3.8) is 0 Å². The van der Waals surface area contributed by atoms with Gasteiger partial charge in [0.2, 0.25) is 12.7 Å². The molecule has 1 N–H and O–H groups in total. The van der Waals surface area contributed by atoms with Crippen LogP contribution in [-0.4, -0.2) is 17.0 Å². The molecule has 0 aromatic heterocycles. The first kappa shape index (κ1) is 16.9. The Kier molecular flexibility index (Phi) is 3.83. The molecule has 4 aliphatic carbocycles. The first-order valence-electron chi connectivity index (χ1n) is 9.80. The quantitative estimate of drug-likeness (QED) is 0.718. The highest BCUT2D eigenvalue weighted by Gasteiger charge is 2.57. The Morgan fingerprint density at radius 1 is 1.23 bits per heavy atom. The minimum absolute atomic E-state index is 0.0242. The van der Waals surface area contributed by atoms with Gasteiger partial charge in [-0.2, -0.15) is 0 Å². The van der Waals surface area contributed by atoms with Crippen molar-refractivity contribution in [1.29, 1.82) is 0 Å². The van der Waals surface area contributed by atoms with Crippen molar-refractivity contribution >= 4 is 21.8 Å². The second-order valence-electron chi connectivity index (χ2n) is 9.19. The second kappa shape index (κ2) is 5.88. The van der Waals surface area contributed by atoms with E-state index in [0.717, 1.165) is 28.9 Å². The largest absolute Gasteiger partial charge is 0.454 e. The molecule has 4 fully saturated rings. The third-order valence-corrected chi connectivity index (χ3v) is 7.85. The maximum Gasteiger partial charge on any atom is 0.231 e. The molecule has 4 nitrogen and oxygen atoms in total. The third kappa shape index (κ3) is 2.92. The van der Waals surface area contributed by atoms with Gasteiger partial charge in [0.1, 0.15) is 0 Å². The first-order valence-corrected chi connectivity index (χ1v) is 10.6. The lowest BCUT2D eigenvalue weighted by Gasteiger charge is -2.60. The first-order chi connectivity index (χ1) is 12.4. The van der Waals surface area contributed by atoms with Crippen LogP contribution in [0, 0.1) is 17.3 Å². The van der Waals surface area contributed by atoms with Crippen LogP contribution in [0.25, 0.3) is 0 Å². The Balaban J connectivity index is 1.26. The molecule has 6 rings (SSSR count). The number of hydrogen-bond acceptors (Lipinski definition) is 3. The zero-order valence-corrected chi connectivity index (χ0v) is 16.8. The molecule has 4 bridgehead atoms. The summed E-state index contributed by atoms with van der Waals surface area (Å²) in [6, 6.07) is 5.89. The minimum atomic E-state index is -0.0242. The monoisotopic (exact) mass is 419 g/mol. The Labute approximate surface area is 163 Å². The second-order valence-corrected chi connectivity index (χ2v) is 10.9. The van der Waals surface area contributed by atoms with Crippen molar-refractivity contribution in [2.75, 3.05) is 6.79 Å². The lowest BCUT2D eigenvalue weighted by Crippen LogP contribution is -2.54. The predicted molar refractivity (Wildman–Crippen MR) is 103 cm³/mol. The van der Waals surface area contributed by atoms with Crippen molar-refractivity contribution in [2.24, 2.45) is 17.3 Å². The Bertz CT molecular complexity index is 735. The number of ether oxygens (including phenoxy) is 2. The van der Waals surface area contributed by atoms with Gasteiger partial charge in [0.15, 0.2) is 11.5 Å². The van der Waals surface area contributed by atoms with Gasteiger partial charge in [-0.3, -0.25) is 4.79 Å². The lowest BCUT2D eigenvalue weighted by atomic mass is 9.48. The SMILES string of the molecule is CC(NC(=O)CC12CC3CC(CC(Br)(C3)C1)C2)c1ccc2c(c1)OCO2. The lowest BCUT2D eigenvalue weighted by molar-refractivity contribution is -0.128. The van der Waals surface area contributed by atoms with Crippen LogP contribution < -0.4 is 14.8 Å². The molecule has 1 aromatic rings. The van der Waals surface area contributed by atoms with Crippen LogP contribution in [0.2, 0.25) is 0 Å². The van der Waals surface area contributed by atoms with Gasteiger partial charge in [-0.25, -0.2) is 0 Å². The fourth-order valence-electron chi connectivity index (χ4n) is 6.44. The molecule has 4 saturated carbocycles. The van der Waals surface area contributed by atoms with Crippen LogP contribution in [-0.2, 0) is 4.79 Å². The molecule has 5 aliphatic rings. The molecule has 3 unspecified atom stereocenters. The van der Waals surface area contributed by atoms with Crippen molar-refractivity contribution in [2.45, 2.75) is 62.2 Å². The van der Waals surface area contributed by atoms with Crippen LogP contribution in [0.5, 0.6) is 11.5 Å². The van der Waals surface area contributed by atoms with E-state index in [1.807, 2.05) is 25.1 Å². The van der Waals surface area contributed by atoms with Gasteiger partial charge in [0.05, 0.1) is 6.04 Å². The predicted octanol–water partition coefficient (Wildman–Crippen LogP) is 4.72. The Morgan fingerprint density at radius 2 is 1.96 bits per heavy atom. The van der Waals surface area contributed by atoms with Crippen molar-refractivity contribution < 1.29 is 14.3 Å². The number of halogens is 1. The number of hydrogen-bond donors (Lipinski definition) is 1. The molecular weight excluding hydrogens is 394 g/mol. The summed E-state index contributed by atoms with van der Waals surface area (Å²) in [7, 11) is 0. The van der Waals surface area contributed by atoms with E-state index in [-0.39, 0.29) is 24.2 Å². The summed E-state index contributed by atoms with van der Waals surface area (Å²) >= 11 is 4.04. The highest BCUT2D eigenvalue weighted by molar-refractivity contribution is 9.10. The fraction of sp³-hybridized carbons (Fsp3) is 0.667. The van der Waals surface area contributed by atoms with Crippen LogP contribution >= 0.6 is 15.9 Å². The molecule has 0 spiro atoms. The number of amides is 1. The van der Waals surface area contributed by atoms with Gasteiger partial charge in [-0.05, 0) is 80.4 Å². The Morgan fingerprint density at radius 3 is 2.69 bits per heavy atom. The number of alkyl halides is 1. The summed E-state index contributed by atoms with van der Waals surface area (Å²) in [6.07, 6.45) is 8.30. The zero-order valence-electron chi connectivity index (χ0n) is 15.2. The highest BCUT2D eigenvalue weighted by Crippen LogP contribution is 2.65. The van der Waals surface area contributed by atoms with Crippen molar-refractivity contribution in [3.05, 3.63) is 23.8 Å². The summed E-state index contributed by atoms with van der Waals surface area (Å²) in [5, 5.41) is 3.22. The topological polar surface area (TPSA) is 47.6 Å². The summed E-state index contributed by atoms with van der Waals surface area (Å²) in [5.74, 6) is 3.37. The molecule has 5 heteroatoms. The standard InChI is InChI=1S/C21H26BrNO3/c1-13(16-2-3-17-18(5-16)26-12-25-17)23-19(24)10-20-6-14-4-15(7-20)9-21(22,8-14)11-20/h2-3,5,13-15H,4,6-12H2,1H3,(H,23,24). The average Bonchev–Trinajstić information content (AvgIpc) is 2.99. The molecule has 3 atom stereocenters. The van der Waals surface area contributed by atoms with E-state index in [4.69, 9.17) is 9.47 Å². The molecule has 140 valence electrons. The van der Waals surface area contributed by atoms with Gasteiger partial charge < -0.3 is 14.8 Å². The summed E-state index contributed by atoms with van der Waals surface area (Å²) in [4.78, 5) is 12.9. The number of rotatable bonds is 4. The van der Waals surface area contributed by atoms with Crippen LogP contribution in [0.3, 0.4) is 0 Å². The van der Waals surface area contributed by atoms with Gasteiger partial charge in [0, 0.05) is 10.7 Å². The summed E-state index contributed by atoms with van der Waals surface area (Å²) in [5.41, 5.74) is 1.27. The van der Waals surface area contributed by atoms with Crippen LogP contribution in [0.1, 0.15) is 63.5 Å². The minimum Gasteiger partial charge on any atom is -0.454 e. The van der Waals surface area contributed by atoms with Gasteiger partial charge in [-0.1, -0.05) is 22.0 Å². The molecule has 26 heavy (non-hydrogen) atoms. The van der Waals surface area contributed by atoms with E-state index >= 15 is 0 Å². The van der Waals surface area contributed by atoms with E-state index in [0.29, 0.717) is 10.7 Å². The molecule has 0 radical (unpaired) electrons. The average molecular weight is 420 g/mol. The molecule has 0 saturated heterocycles. The van der Waals surface area contributed by atoms with Gasteiger partial charge in [0.25, 0.3) is 0 Å². The maximum atomic E-state index is 12.9. The molecule has 1 amide bonds. The van der Waals surface area contributed by atoms with Crippen LogP contribution in [0.4, 0.5) is 0 Å². The Hall–Kier alpha value is -1.23. The summed E-state index contributed by atoms with van der Waals surface area (Å²) < 4.78 is 11.1. The molecule has 1 aromatic carbocycles. The third-order valence-electron chi connectivity index (χ3n) is 6.92. The van der Waals surface area contributed by atoms with E-state index in [1.54, 1.807) is 0 Å². The van der Waals surface area contributed by atoms with Gasteiger partial charge in [-0.15, -0.1) is 0 Å². The smallest absolute Gasteiger partial charge is 0.231 e. The van der Waals surface area contributed by atoms with E-state index < -0.39 is 0 Å². The molecule has 1 aliphatic heterocycles. The highest BCUT2D eigenvalue weighted by atomic mass is 79.9. The normalized spacial score (nSPS) is 37.6. The van der Waals surface area contributed by atoms with Crippen molar-refractivity contribution in [3.8, 4) is 11.5 Å². The zero-order chi connectivity index (χ0) is 17.9. The van der Waals surface area contributed by atoms with E-state index in [1.165, 1.54) is 38.5 Å². The van der Waals surface area contributed by atoms with Crippen LogP contribution in [0.15, 0.2) is 18.2 Å². The van der Waals surface area contributed by atoms with Crippen molar-refractivity contribution in [1.82, 2.24) is 5.32 Å². The maximum absolute atomic E-state index is 12.9. The number of carbonyl (C=O) groups is 1. The van der Waals surface area contributed by atoms with E-state index in [9.17, 15) is 4.79 Å². The number of nitrogens with one attached hydrogen (secondary N) is 1. The number of carbonyl (C=O) groups excluding carboxylic acids is 1.